The molecule has 4 rings (SSSR count). The summed E-state index contributed by atoms with van der Waals surface area (Å²) in [4.78, 5) is 29.3. The van der Waals surface area contributed by atoms with E-state index in [1.807, 2.05) is 42.5 Å². The molecule has 0 spiro atoms. The Labute approximate surface area is 145 Å². The highest BCUT2D eigenvalue weighted by Crippen LogP contribution is 2.17. The van der Waals surface area contributed by atoms with Crippen molar-refractivity contribution in [2.75, 3.05) is 0 Å². The smallest absolute Gasteiger partial charge is 0.279 e. The highest BCUT2D eigenvalue weighted by molar-refractivity contribution is 9.10. The van der Waals surface area contributed by atoms with Crippen LogP contribution in [0.5, 0.6) is 0 Å². The molecule has 6 heteroatoms. The third-order valence-electron chi connectivity index (χ3n) is 4.02. The first-order valence-corrected chi connectivity index (χ1v) is 8.16. The SMILES string of the molecule is Cc1[nH]n(-c2ccc(Br)cc2)c(=O)c1C1=c2ccccc2=NC1=O. The molecule has 0 radical (unpaired) electrons. The van der Waals surface area contributed by atoms with Gasteiger partial charge in [0.2, 0.25) is 0 Å². The molecule has 1 aromatic heterocycles. The second-order valence-corrected chi connectivity index (χ2v) is 6.45. The van der Waals surface area contributed by atoms with Crippen LogP contribution in [0.25, 0.3) is 11.3 Å². The fraction of sp³-hybridized carbons (Fsp3) is 0.0556. The zero-order chi connectivity index (χ0) is 16.8. The predicted molar refractivity (Wildman–Crippen MR) is 93.6 cm³/mol. The number of rotatable bonds is 2. The van der Waals surface area contributed by atoms with E-state index in [-0.39, 0.29) is 11.5 Å². The maximum absolute atomic E-state index is 12.9. The summed E-state index contributed by atoms with van der Waals surface area (Å²) < 4.78 is 2.37. The number of aromatic amines is 1. The molecule has 1 amide bonds. The summed E-state index contributed by atoms with van der Waals surface area (Å²) in [6, 6.07) is 14.6. The average Bonchev–Trinajstić information content (AvgIpc) is 3.04. The van der Waals surface area contributed by atoms with Crippen molar-refractivity contribution in [2.45, 2.75) is 6.92 Å². The fourth-order valence-corrected chi connectivity index (χ4v) is 3.18. The summed E-state index contributed by atoms with van der Waals surface area (Å²) >= 11 is 3.38. The van der Waals surface area contributed by atoms with Crippen molar-refractivity contribution in [3.8, 4) is 5.69 Å². The second kappa shape index (κ2) is 5.42. The molecule has 2 heterocycles. The second-order valence-electron chi connectivity index (χ2n) is 5.54. The van der Waals surface area contributed by atoms with E-state index in [1.165, 1.54) is 4.68 Å². The number of halogens is 1. The molecule has 0 fully saturated rings. The molecule has 0 saturated carbocycles. The minimum atomic E-state index is -0.377. The summed E-state index contributed by atoms with van der Waals surface area (Å²) in [6.07, 6.45) is 0. The molecule has 1 aliphatic rings. The van der Waals surface area contributed by atoms with Gasteiger partial charge in [0.05, 0.1) is 22.2 Å². The molecular formula is C18H12BrN3O2. The van der Waals surface area contributed by atoms with E-state index in [0.717, 1.165) is 4.47 Å². The topological polar surface area (TPSA) is 67.2 Å². The molecule has 0 atom stereocenters. The molecule has 0 saturated heterocycles. The van der Waals surface area contributed by atoms with Crippen LogP contribution < -0.4 is 16.1 Å². The largest absolute Gasteiger partial charge is 0.295 e. The van der Waals surface area contributed by atoms with Gasteiger partial charge in [0, 0.05) is 15.4 Å². The van der Waals surface area contributed by atoms with E-state index < -0.39 is 0 Å². The van der Waals surface area contributed by atoms with Crippen molar-refractivity contribution in [1.82, 2.24) is 9.78 Å². The van der Waals surface area contributed by atoms with Gasteiger partial charge in [-0.05, 0) is 37.3 Å². The van der Waals surface area contributed by atoms with Crippen LogP contribution in [0.4, 0.5) is 0 Å². The first kappa shape index (κ1) is 14.8. The first-order valence-electron chi connectivity index (χ1n) is 7.36. The number of carbonyl (C=O) groups is 1. The minimum Gasteiger partial charge on any atom is -0.295 e. The number of hydrogen-bond acceptors (Lipinski definition) is 2. The number of benzene rings is 2. The highest BCUT2D eigenvalue weighted by Gasteiger charge is 2.25. The number of carbonyl (C=O) groups excluding carboxylic acids is 1. The van der Waals surface area contributed by atoms with Gasteiger partial charge >= 0.3 is 0 Å². The van der Waals surface area contributed by atoms with Gasteiger partial charge < -0.3 is 0 Å². The number of hydrogen-bond donors (Lipinski definition) is 1. The van der Waals surface area contributed by atoms with Crippen LogP contribution in [0, 0.1) is 6.92 Å². The van der Waals surface area contributed by atoms with E-state index in [0.29, 0.717) is 33.1 Å². The van der Waals surface area contributed by atoms with E-state index in [1.54, 1.807) is 13.0 Å². The molecule has 5 nitrogen and oxygen atoms in total. The van der Waals surface area contributed by atoms with Crippen molar-refractivity contribution in [3.63, 3.8) is 0 Å². The van der Waals surface area contributed by atoms with Gasteiger partial charge in [0.15, 0.2) is 0 Å². The lowest BCUT2D eigenvalue weighted by Gasteiger charge is -2.01. The monoisotopic (exact) mass is 381 g/mol. The molecule has 3 aromatic rings. The van der Waals surface area contributed by atoms with Crippen molar-refractivity contribution in [1.29, 1.82) is 0 Å². The molecule has 1 aliphatic heterocycles. The van der Waals surface area contributed by atoms with Crippen molar-refractivity contribution >= 4 is 27.4 Å². The number of H-pyrrole nitrogens is 1. The highest BCUT2D eigenvalue weighted by atomic mass is 79.9. The lowest BCUT2D eigenvalue weighted by molar-refractivity contribution is -0.112. The Bertz CT molecular complexity index is 1150. The number of aryl methyl sites for hydroxylation is 1. The van der Waals surface area contributed by atoms with Gasteiger partial charge in [-0.1, -0.05) is 34.1 Å². The standard InChI is InChI=1S/C18H12BrN3O2/c1-10-15(16-13-4-2-3-5-14(13)20-17(16)23)18(24)22(21-10)12-8-6-11(19)7-9-12/h2-9,21H,1H3. The maximum atomic E-state index is 12.9. The Balaban J connectivity index is 2.00. The lowest BCUT2D eigenvalue weighted by atomic mass is 10.0. The molecule has 0 unspecified atom stereocenters. The summed E-state index contributed by atoms with van der Waals surface area (Å²) in [5, 5.41) is 4.35. The van der Waals surface area contributed by atoms with Crippen LogP contribution in [0.1, 0.15) is 11.3 Å². The van der Waals surface area contributed by atoms with Crippen LogP contribution in [0.2, 0.25) is 0 Å². The Morgan fingerprint density at radius 3 is 2.50 bits per heavy atom. The van der Waals surface area contributed by atoms with E-state index >= 15 is 0 Å². The van der Waals surface area contributed by atoms with Gasteiger partial charge in [-0.2, -0.15) is 0 Å². The number of nitrogens with zero attached hydrogens (tertiary/aromatic N) is 2. The van der Waals surface area contributed by atoms with E-state index in [9.17, 15) is 9.59 Å². The number of nitrogens with one attached hydrogen (secondary N) is 1. The Morgan fingerprint density at radius 1 is 1.04 bits per heavy atom. The zero-order valence-corrected chi connectivity index (χ0v) is 14.3. The summed E-state index contributed by atoms with van der Waals surface area (Å²) in [6.45, 7) is 1.79. The number of aromatic nitrogens is 2. The van der Waals surface area contributed by atoms with Gasteiger partial charge in [0.1, 0.15) is 0 Å². The maximum Gasteiger partial charge on any atom is 0.279 e. The molecule has 1 N–H and O–H groups in total. The van der Waals surface area contributed by atoms with Crippen LogP contribution in [-0.4, -0.2) is 15.7 Å². The summed E-state index contributed by atoms with van der Waals surface area (Å²) in [5.74, 6) is -0.377. The van der Waals surface area contributed by atoms with Gasteiger partial charge in [0.25, 0.3) is 11.5 Å². The molecule has 24 heavy (non-hydrogen) atoms. The molecule has 118 valence electrons. The van der Waals surface area contributed by atoms with Crippen molar-refractivity contribution < 1.29 is 4.79 Å². The Hall–Kier alpha value is -2.73. The van der Waals surface area contributed by atoms with Crippen LogP contribution in [0.15, 0.2) is 62.8 Å². The summed E-state index contributed by atoms with van der Waals surface area (Å²) in [5.41, 5.74) is 1.81. The van der Waals surface area contributed by atoms with Gasteiger partial charge in [-0.3, -0.25) is 14.7 Å². The Kier molecular flexibility index (Phi) is 3.35. The third-order valence-corrected chi connectivity index (χ3v) is 4.54. The number of fused-ring (bicyclic) bond motifs is 1. The van der Waals surface area contributed by atoms with Gasteiger partial charge in [-0.15, -0.1) is 0 Å². The molecule has 2 aromatic carbocycles. The van der Waals surface area contributed by atoms with Crippen molar-refractivity contribution in [3.05, 3.63) is 85.2 Å². The van der Waals surface area contributed by atoms with E-state index in [4.69, 9.17) is 0 Å². The number of para-hydroxylation sites is 1. The predicted octanol–water partition coefficient (Wildman–Crippen LogP) is 1.60. The quantitative estimate of drug-likeness (QED) is 0.732. The fourth-order valence-electron chi connectivity index (χ4n) is 2.92. The summed E-state index contributed by atoms with van der Waals surface area (Å²) in [7, 11) is 0. The molecule has 0 aliphatic carbocycles. The zero-order valence-electron chi connectivity index (χ0n) is 12.7. The third kappa shape index (κ3) is 2.18. The van der Waals surface area contributed by atoms with Crippen molar-refractivity contribution in [2.24, 2.45) is 4.99 Å². The normalized spacial score (nSPS) is 13.1. The van der Waals surface area contributed by atoms with Crippen LogP contribution in [0.3, 0.4) is 0 Å². The van der Waals surface area contributed by atoms with Crippen LogP contribution in [-0.2, 0) is 4.79 Å². The van der Waals surface area contributed by atoms with Crippen LogP contribution >= 0.6 is 15.9 Å². The Morgan fingerprint density at radius 2 is 1.75 bits per heavy atom. The van der Waals surface area contributed by atoms with E-state index in [2.05, 4.69) is 26.0 Å². The first-order chi connectivity index (χ1) is 11.6. The lowest BCUT2D eigenvalue weighted by Crippen LogP contribution is -2.25. The molecule has 0 bridgehead atoms. The number of amides is 1. The minimum absolute atomic E-state index is 0.259. The van der Waals surface area contributed by atoms with Gasteiger partial charge in [-0.25, -0.2) is 9.67 Å². The molecular weight excluding hydrogens is 370 g/mol. The average molecular weight is 382 g/mol.